The van der Waals surface area contributed by atoms with E-state index in [1.165, 1.54) is 38.5 Å². The molecule has 2 aliphatic carbocycles. The molecule has 0 aromatic heterocycles. The summed E-state index contributed by atoms with van der Waals surface area (Å²) in [5.41, 5.74) is 5.75. The maximum absolute atomic E-state index is 11.7. The van der Waals surface area contributed by atoms with Gasteiger partial charge < -0.3 is 10.8 Å². The van der Waals surface area contributed by atoms with Crippen LogP contribution < -0.4 is 5.73 Å². The van der Waals surface area contributed by atoms with Crippen molar-refractivity contribution in [1.29, 1.82) is 0 Å². The first kappa shape index (κ1) is 16.3. The Bertz CT molecular complexity index is 317. The van der Waals surface area contributed by atoms with Crippen LogP contribution in [0.2, 0.25) is 0 Å². The van der Waals surface area contributed by atoms with Gasteiger partial charge in [0.2, 0.25) is 0 Å². The molecule has 0 aromatic carbocycles. The van der Waals surface area contributed by atoms with Gasteiger partial charge in [-0.25, -0.2) is 0 Å². The van der Waals surface area contributed by atoms with Crippen molar-refractivity contribution in [1.82, 2.24) is 0 Å². The monoisotopic (exact) mass is 281 g/mol. The van der Waals surface area contributed by atoms with Crippen molar-refractivity contribution in [3.63, 3.8) is 0 Å². The molecular formula is C18H35NO. The molecule has 0 saturated heterocycles. The SMILES string of the molecule is CCC1CCCC(CN)(C2(O)CCCCC2C(C)C)C1. The molecule has 0 aromatic rings. The van der Waals surface area contributed by atoms with E-state index in [2.05, 4.69) is 20.8 Å². The zero-order valence-electron chi connectivity index (χ0n) is 13.8. The van der Waals surface area contributed by atoms with Crippen molar-refractivity contribution >= 4 is 0 Å². The molecule has 2 rings (SSSR count). The van der Waals surface area contributed by atoms with E-state index in [-0.39, 0.29) is 5.41 Å². The minimum atomic E-state index is -0.512. The molecule has 0 bridgehead atoms. The number of hydrogen-bond acceptors (Lipinski definition) is 2. The molecule has 4 unspecified atom stereocenters. The van der Waals surface area contributed by atoms with E-state index < -0.39 is 5.60 Å². The molecule has 0 aliphatic heterocycles. The summed E-state index contributed by atoms with van der Waals surface area (Å²) in [5, 5.41) is 11.7. The van der Waals surface area contributed by atoms with Gasteiger partial charge in [-0.05, 0) is 43.4 Å². The summed E-state index contributed by atoms with van der Waals surface area (Å²) >= 11 is 0. The molecule has 4 atom stereocenters. The summed E-state index contributed by atoms with van der Waals surface area (Å²) in [6.45, 7) is 7.53. The van der Waals surface area contributed by atoms with Crippen LogP contribution >= 0.6 is 0 Å². The Morgan fingerprint density at radius 3 is 2.50 bits per heavy atom. The highest BCUT2D eigenvalue weighted by Crippen LogP contribution is 2.55. The van der Waals surface area contributed by atoms with Crippen molar-refractivity contribution < 1.29 is 5.11 Å². The van der Waals surface area contributed by atoms with Crippen LogP contribution in [0.4, 0.5) is 0 Å². The predicted octanol–water partition coefficient (Wildman–Crippen LogP) is 4.11. The van der Waals surface area contributed by atoms with Crippen molar-refractivity contribution in [3.05, 3.63) is 0 Å². The van der Waals surface area contributed by atoms with Crippen LogP contribution in [0.1, 0.15) is 78.6 Å². The normalized spacial score (nSPS) is 42.9. The zero-order chi connectivity index (χ0) is 14.8. The molecule has 0 amide bonds. The highest BCUT2D eigenvalue weighted by Gasteiger charge is 2.56. The maximum Gasteiger partial charge on any atom is 0.0746 e. The van der Waals surface area contributed by atoms with Crippen LogP contribution in [-0.2, 0) is 0 Å². The molecule has 20 heavy (non-hydrogen) atoms. The minimum absolute atomic E-state index is 0.0126. The lowest BCUT2D eigenvalue weighted by Gasteiger charge is -2.57. The Morgan fingerprint density at radius 1 is 1.15 bits per heavy atom. The van der Waals surface area contributed by atoms with E-state index >= 15 is 0 Å². The lowest BCUT2D eigenvalue weighted by atomic mass is 9.52. The highest BCUT2D eigenvalue weighted by molar-refractivity contribution is 5.07. The molecule has 0 heterocycles. The standard InChI is InChI=1S/C18H35NO/c1-4-15-8-7-10-17(12-15,13-19)18(20)11-6-5-9-16(18)14(2)3/h14-16,20H,4-13,19H2,1-3H3. The minimum Gasteiger partial charge on any atom is -0.389 e. The Labute approximate surface area is 125 Å². The van der Waals surface area contributed by atoms with Gasteiger partial charge >= 0.3 is 0 Å². The van der Waals surface area contributed by atoms with Gasteiger partial charge in [0, 0.05) is 12.0 Å². The van der Waals surface area contributed by atoms with Gasteiger partial charge in [-0.2, -0.15) is 0 Å². The Hall–Kier alpha value is -0.0800. The lowest BCUT2D eigenvalue weighted by Crippen LogP contribution is -2.60. The van der Waals surface area contributed by atoms with Gasteiger partial charge in [-0.1, -0.05) is 52.9 Å². The molecule has 3 N–H and O–H groups in total. The number of hydrogen-bond donors (Lipinski definition) is 2. The van der Waals surface area contributed by atoms with E-state index in [1.54, 1.807) is 0 Å². The van der Waals surface area contributed by atoms with E-state index in [9.17, 15) is 5.11 Å². The van der Waals surface area contributed by atoms with Crippen molar-refractivity contribution in [2.24, 2.45) is 28.9 Å². The summed E-state index contributed by atoms with van der Waals surface area (Å²) in [7, 11) is 0. The highest BCUT2D eigenvalue weighted by atomic mass is 16.3. The summed E-state index contributed by atoms with van der Waals surface area (Å²) < 4.78 is 0. The predicted molar refractivity (Wildman–Crippen MR) is 85.5 cm³/mol. The van der Waals surface area contributed by atoms with Crippen LogP contribution in [0.3, 0.4) is 0 Å². The first-order valence-corrected chi connectivity index (χ1v) is 8.91. The lowest BCUT2D eigenvalue weighted by molar-refractivity contribution is -0.174. The Balaban J connectivity index is 2.31. The second-order valence-corrected chi connectivity index (χ2v) is 7.88. The van der Waals surface area contributed by atoms with Gasteiger partial charge in [0.05, 0.1) is 5.60 Å². The van der Waals surface area contributed by atoms with Crippen LogP contribution in [0.25, 0.3) is 0 Å². The number of nitrogens with two attached hydrogens (primary N) is 1. The molecule has 0 radical (unpaired) electrons. The molecule has 2 nitrogen and oxygen atoms in total. The third-order valence-corrected chi connectivity index (χ3v) is 6.57. The van der Waals surface area contributed by atoms with Crippen LogP contribution in [0.15, 0.2) is 0 Å². The first-order valence-electron chi connectivity index (χ1n) is 8.91. The van der Waals surface area contributed by atoms with Crippen molar-refractivity contribution in [2.75, 3.05) is 6.54 Å². The average molecular weight is 281 g/mol. The molecular weight excluding hydrogens is 246 g/mol. The molecule has 2 saturated carbocycles. The van der Waals surface area contributed by atoms with Crippen molar-refractivity contribution in [2.45, 2.75) is 84.2 Å². The number of aliphatic hydroxyl groups is 1. The van der Waals surface area contributed by atoms with Gasteiger partial charge in [0.1, 0.15) is 0 Å². The van der Waals surface area contributed by atoms with Crippen LogP contribution in [0.5, 0.6) is 0 Å². The summed E-state index contributed by atoms with van der Waals surface area (Å²) in [4.78, 5) is 0. The second kappa shape index (κ2) is 6.36. The van der Waals surface area contributed by atoms with E-state index in [0.717, 1.165) is 25.2 Å². The fourth-order valence-corrected chi connectivity index (χ4v) is 5.32. The van der Waals surface area contributed by atoms with Crippen LogP contribution in [-0.4, -0.2) is 17.3 Å². The fourth-order valence-electron chi connectivity index (χ4n) is 5.32. The van der Waals surface area contributed by atoms with Gasteiger partial charge in [0.15, 0.2) is 0 Å². The van der Waals surface area contributed by atoms with Crippen molar-refractivity contribution in [3.8, 4) is 0 Å². The van der Waals surface area contributed by atoms with Crippen LogP contribution in [0, 0.1) is 23.2 Å². The largest absolute Gasteiger partial charge is 0.389 e. The van der Waals surface area contributed by atoms with Gasteiger partial charge in [-0.3, -0.25) is 0 Å². The second-order valence-electron chi connectivity index (χ2n) is 7.88. The topological polar surface area (TPSA) is 46.2 Å². The van der Waals surface area contributed by atoms with E-state index in [4.69, 9.17) is 5.73 Å². The Morgan fingerprint density at radius 2 is 1.90 bits per heavy atom. The zero-order valence-corrected chi connectivity index (χ0v) is 13.8. The van der Waals surface area contributed by atoms with E-state index in [1.807, 2.05) is 0 Å². The van der Waals surface area contributed by atoms with Gasteiger partial charge in [0.25, 0.3) is 0 Å². The van der Waals surface area contributed by atoms with Gasteiger partial charge in [-0.15, -0.1) is 0 Å². The maximum atomic E-state index is 11.7. The van der Waals surface area contributed by atoms with E-state index in [0.29, 0.717) is 18.4 Å². The summed E-state index contributed by atoms with van der Waals surface area (Å²) in [6.07, 6.45) is 10.7. The summed E-state index contributed by atoms with van der Waals surface area (Å²) in [6, 6.07) is 0. The molecule has 118 valence electrons. The molecule has 0 spiro atoms. The molecule has 2 fully saturated rings. The smallest absolute Gasteiger partial charge is 0.0746 e. The molecule has 2 aliphatic rings. The third-order valence-electron chi connectivity index (χ3n) is 6.57. The quantitative estimate of drug-likeness (QED) is 0.814. The summed E-state index contributed by atoms with van der Waals surface area (Å²) in [5.74, 6) is 1.77. The average Bonchev–Trinajstić information content (AvgIpc) is 2.47. The third kappa shape index (κ3) is 2.66. The fraction of sp³-hybridized carbons (Fsp3) is 1.00. The first-order chi connectivity index (χ1) is 9.49. The Kier molecular flexibility index (Phi) is 5.18. The molecule has 2 heteroatoms. The number of rotatable bonds is 4.